The normalized spacial score (nSPS) is 21.7. The molecule has 2 heteroatoms. The van der Waals surface area contributed by atoms with Gasteiger partial charge in [-0.05, 0) is 48.1 Å². The van der Waals surface area contributed by atoms with Gasteiger partial charge in [0.2, 0.25) is 0 Å². The highest BCUT2D eigenvalue weighted by Crippen LogP contribution is 2.34. The minimum absolute atomic E-state index is 0.0208. The molecule has 2 aliphatic carbocycles. The summed E-state index contributed by atoms with van der Waals surface area (Å²) in [4.78, 5) is 0. The molecule has 2 unspecified atom stereocenters. The Morgan fingerprint density at radius 3 is 2.44 bits per heavy atom. The van der Waals surface area contributed by atoms with E-state index >= 15 is 0 Å². The van der Waals surface area contributed by atoms with Gasteiger partial charge < -0.3 is 11.5 Å². The number of hydrogen-bond acceptors (Lipinski definition) is 2. The average Bonchev–Trinajstić information content (AvgIpc) is 2.69. The summed E-state index contributed by atoms with van der Waals surface area (Å²) in [6.07, 6.45) is 14.9. The maximum absolute atomic E-state index is 6.43. The molecule has 0 aliphatic heterocycles. The van der Waals surface area contributed by atoms with Crippen molar-refractivity contribution in [3.63, 3.8) is 0 Å². The van der Waals surface area contributed by atoms with Crippen LogP contribution >= 0.6 is 0 Å². The number of benzene rings is 2. The van der Waals surface area contributed by atoms with Crippen molar-refractivity contribution in [2.24, 2.45) is 5.73 Å². The summed E-state index contributed by atoms with van der Waals surface area (Å²) in [6.45, 7) is 2.18. The predicted molar refractivity (Wildman–Crippen MR) is 116 cm³/mol. The first-order valence-electron chi connectivity index (χ1n) is 9.59. The van der Waals surface area contributed by atoms with Crippen molar-refractivity contribution >= 4 is 11.3 Å². The van der Waals surface area contributed by atoms with Gasteiger partial charge in [-0.3, -0.25) is 0 Å². The smallest absolute Gasteiger partial charge is 0.0396 e. The Labute approximate surface area is 161 Å². The molecule has 2 atom stereocenters. The van der Waals surface area contributed by atoms with Crippen LogP contribution in [-0.4, -0.2) is 6.04 Å². The van der Waals surface area contributed by atoms with Gasteiger partial charge in [0.05, 0.1) is 0 Å². The summed E-state index contributed by atoms with van der Waals surface area (Å²) < 4.78 is 0. The molecule has 2 nitrogen and oxygen atoms in total. The highest BCUT2D eigenvalue weighted by atomic mass is 14.6. The molecule has 0 saturated heterocycles. The Morgan fingerprint density at radius 1 is 0.889 bits per heavy atom. The van der Waals surface area contributed by atoms with E-state index in [2.05, 4.69) is 79.8 Å². The van der Waals surface area contributed by atoms with Crippen LogP contribution in [0, 0.1) is 0 Å². The van der Waals surface area contributed by atoms with E-state index in [-0.39, 0.29) is 12.0 Å². The molecule has 2 aromatic carbocycles. The van der Waals surface area contributed by atoms with Crippen molar-refractivity contribution in [3.05, 3.63) is 95.6 Å². The molecule has 0 saturated carbocycles. The molecule has 27 heavy (non-hydrogen) atoms. The van der Waals surface area contributed by atoms with Gasteiger partial charge in [-0.15, -0.1) is 0 Å². The lowest BCUT2D eigenvalue weighted by molar-refractivity contribution is 0.714. The molecule has 0 heterocycles. The Hall–Kier alpha value is -2.84. The Bertz CT molecular complexity index is 976. The first-order valence-corrected chi connectivity index (χ1v) is 9.59. The van der Waals surface area contributed by atoms with Gasteiger partial charge in [-0.2, -0.15) is 0 Å². The van der Waals surface area contributed by atoms with Crippen molar-refractivity contribution < 1.29 is 0 Å². The maximum atomic E-state index is 6.43. The van der Waals surface area contributed by atoms with Crippen molar-refractivity contribution in [2.45, 2.75) is 31.7 Å². The third kappa shape index (κ3) is 3.67. The standard InChI is InChI=1S/C25H26N2/c1-17-9-11-18(12-10-17)23-14-13-20(16-25(23)27)19-5-4-6-21(15-19)22-7-2-3-8-24(22)26/h2-9,11,13-16,22,24H,10,12,26-27H2,1H3. The van der Waals surface area contributed by atoms with E-state index in [1.54, 1.807) is 0 Å². The molecule has 2 aliphatic rings. The molecule has 0 amide bonds. The zero-order valence-electron chi connectivity index (χ0n) is 15.7. The van der Waals surface area contributed by atoms with E-state index in [9.17, 15) is 0 Å². The topological polar surface area (TPSA) is 52.0 Å². The molecule has 136 valence electrons. The van der Waals surface area contributed by atoms with Gasteiger partial charge in [-0.25, -0.2) is 0 Å². The minimum atomic E-state index is 0.0208. The van der Waals surface area contributed by atoms with Gasteiger partial charge in [0.25, 0.3) is 0 Å². The van der Waals surface area contributed by atoms with Crippen LogP contribution in [0.4, 0.5) is 5.69 Å². The van der Waals surface area contributed by atoms with E-state index in [4.69, 9.17) is 11.5 Å². The van der Waals surface area contributed by atoms with E-state index in [0.29, 0.717) is 0 Å². The SMILES string of the molecule is CC1=CC=C(c2ccc(-c3cccc(C4C=CC=CC4N)c3)cc2N)CC1. The van der Waals surface area contributed by atoms with Crippen LogP contribution in [0.2, 0.25) is 0 Å². The molecular formula is C25H26N2. The lowest BCUT2D eigenvalue weighted by atomic mass is 9.87. The second-order valence-electron chi connectivity index (χ2n) is 7.51. The minimum Gasteiger partial charge on any atom is -0.398 e. The number of allylic oxidation sites excluding steroid dienone is 6. The Kier molecular flexibility index (Phi) is 4.83. The highest BCUT2D eigenvalue weighted by Gasteiger charge is 2.17. The first-order chi connectivity index (χ1) is 13.1. The summed E-state index contributed by atoms with van der Waals surface area (Å²) in [5.74, 6) is 0.217. The average molecular weight is 354 g/mol. The molecule has 0 aromatic heterocycles. The molecule has 4 rings (SSSR count). The van der Waals surface area contributed by atoms with Crippen LogP contribution < -0.4 is 11.5 Å². The van der Waals surface area contributed by atoms with E-state index in [1.165, 1.54) is 22.3 Å². The fourth-order valence-corrected chi connectivity index (χ4v) is 3.88. The van der Waals surface area contributed by atoms with E-state index in [0.717, 1.165) is 29.7 Å². The second kappa shape index (κ2) is 7.42. The van der Waals surface area contributed by atoms with Crippen molar-refractivity contribution in [3.8, 4) is 11.1 Å². The van der Waals surface area contributed by atoms with Crippen LogP contribution in [-0.2, 0) is 0 Å². The van der Waals surface area contributed by atoms with Crippen molar-refractivity contribution in [2.75, 3.05) is 5.73 Å². The lowest BCUT2D eigenvalue weighted by Gasteiger charge is -2.21. The third-order valence-corrected chi connectivity index (χ3v) is 5.54. The number of nitrogen functional groups attached to an aromatic ring is 1. The lowest BCUT2D eigenvalue weighted by Crippen LogP contribution is -2.26. The highest BCUT2D eigenvalue weighted by molar-refractivity contribution is 5.81. The largest absolute Gasteiger partial charge is 0.398 e. The van der Waals surface area contributed by atoms with E-state index in [1.807, 2.05) is 6.08 Å². The Balaban J connectivity index is 1.65. The van der Waals surface area contributed by atoms with Crippen LogP contribution in [0.3, 0.4) is 0 Å². The zero-order valence-corrected chi connectivity index (χ0v) is 15.7. The van der Waals surface area contributed by atoms with Crippen LogP contribution in [0.1, 0.15) is 36.8 Å². The van der Waals surface area contributed by atoms with Gasteiger partial charge >= 0.3 is 0 Å². The molecule has 2 aromatic rings. The quantitative estimate of drug-likeness (QED) is 0.705. The monoisotopic (exact) mass is 354 g/mol. The van der Waals surface area contributed by atoms with Gasteiger partial charge in [0.1, 0.15) is 0 Å². The summed E-state index contributed by atoms with van der Waals surface area (Å²) in [5, 5.41) is 0. The van der Waals surface area contributed by atoms with Crippen LogP contribution in [0.5, 0.6) is 0 Å². The summed E-state index contributed by atoms with van der Waals surface area (Å²) in [5.41, 5.74) is 21.0. The van der Waals surface area contributed by atoms with E-state index < -0.39 is 0 Å². The molecule has 4 N–H and O–H groups in total. The number of rotatable bonds is 3. The first kappa shape index (κ1) is 17.6. The van der Waals surface area contributed by atoms with Crippen molar-refractivity contribution in [1.82, 2.24) is 0 Å². The van der Waals surface area contributed by atoms with Crippen LogP contribution in [0.15, 0.2) is 84.5 Å². The van der Waals surface area contributed by atoms with Crippen molar-refractivity contribution in [1.29, 1.82) is 0 Å². The van der Waals surface area contributed by atoms with Crippen LogP contribution in [0.25, 0.3) is 16.7 Å². The maximum Gasteiger partial charge on any atom is 0.0396 e. The summed E-state index contributed by atoms with van der Waals surface area (Å²) in [7, 11) is 0. The molecule has 0 bridgehead atoms. The predicted octanol–water partition coefficient (Wildman–Crippen LogP) is 5.60. The fraction of sp³-hybridized carbons (Fsp3) is 0.200. The third-order valence-electron chi connectivity index (χ3n) is 5.54. The summed E-state index contributed by atoms with van der Waals surface area (Å²) >= 11 is 0. The molecule has 0 fully saturated rings. The van der Waals surface area contributed by atoms with Gasteiger partial charge in [0.15, 0.2) is 0 Å². The number of hydrogen-bond donors (Lipinski definition) is 2. The number of anilines is 1. The fourth-order valence-electron chi connectivity index (χ4n) is 3.88. The second-order valence-corrected chi connectivity index (χ2v) is 7.51. The molecular weight excluding hydrogens is 328 g/mol. The molecule has 0 radical (unpaired) electrons. The Morgan fingerprint density at radius 2 is 1.70 bits per heavy atom. The zero-order chi connectivity index (χ0) is 18.8. The van der Waals surface area contributed by atoms with Gasteiger partial charge in [0, 0.05) is 23.2 Å². The van der Waals surface area contributed by atoms with Gasteiger partial charge in [-0.1, -0.05) is 78.4 Å². The number of nitrogens with two attached hydrogens (primary N) is 2. The molecule has 0 spiro atoms. The summed E-state index contributed by atoms with van der Waals surface area (Å²) in [6, 6.07) is 15.1.